The number of carbonyl (C=O) groups is 1. The number of amides is 1. The first kappa shape index (κ1) is 19.9. The van der Waals surface area contributed by atoms with Gasteiger partial charge in [-0.05, 0) is 38.8 Å². The Morgan fingerprint density at radius 1 is 1.36 bits per heavy atom. The van der Waals surface area contributed by atoms with Crippen molar-refractivity contribution in [1.82, 2.24) is 20.4 Å². The van der Waals surface area contributed by atoms with Gasteiger partial charge in [0.15, 0.2) is 5.82 Å². The molecule has 0 radical (unpaired) electrons. The molecule has 2 rings (SSSR count). The summed E-state index contributed by atoms with van der Waals surface area (Å²) in [5, 5.41) is 7.07. The monoisotopic (exact) mass is 350 g/mol. The summed E-state index contributed by atoms with van der Waals surface area (Å²) in [5.74, 6) is 1.77. The third-order valence-corrected chi connectivity index (χ3v) is 4.88. The molecular formula is C19H34N4O2. The molecule has 6 heteroatoms. The second-order valence-corrected chi connectivity index (χ2v) is 7.40. The van der Waals surface area contributed by atoms with E-state index in [0.29, 0.717) is 24.8 Å². The third-order valence-electron chi connectivity index (χ3n) is 4.88. The molecule has 25 heavy (non-hydrogen) atoms. The van der Waals surface area contributed by atoms with Crippen molar-refractivity contribution in [1.29, 1.82) is 0 Å². The Morgan fingerprint density at radius 2 is 2.20 bits per heavy atom. The van der Waals surface area contributed by atoms with Crippen LogP contribution in [0.2, 0.25) is 0 Å². The van der Waals surface area contributed by atoms with Gasteiger partial charge in [0, 0.05) is 31.3 Å². The summed E-state index contributed by atoms with van der Waals surface area (Å²) >= 11 is 0. The normalized spacial score (nSPS) is 18.6. The van der Waals surface area contributed by atoms with Crippen molar-refractivity contribution < 1.29 is 9.32 Å². The Morgan fingerprint density at radius 3 is 2.92 bits per heavy atom. The van der Waals surface area contributed by atoms with E-state index in [1.54, 1.807) is 0 Å². The van der Waals surface area contributed by atoms with Crippen LogP contribution in [0.25, 0.3) is 0 Å². The molecule has 1 N–H and O–H groups in total. The second-order valence-electron chi connectivity index (χ2n) is 7.40. The van der Waals surface area contributed by atoms with E-state index in [1.165, 1.54) is 38.6 Å². The van der Waals surface area contributed by atoms with Gasteiger partial charge in [0.05, 0.1) is 0 Å². The number of nitrogens with zero attached hydrogens (tertiary/aromatic N) is 3. The molecule has 2 heterocycles. The van der Waals surface area contributed by atoms with Gasteiger partial charge in [-0.3, -0.25) is 9.69 Å². The number of nitrogens with one attached hydrogen (secondary N) is 1. The molecule has 1 aromatic rings. The van der Waals surface area contributed by atoms with Gasteiger partial charge in [0.2, 0.25) is 11.8 Å². The maximum Gasteiger partial charge on any atom is 0.226 e. The number of piperidine rings is 1. The first-order valence-corrected chi connectivity index (χ1v) is 9.93. The highest BCUT2D eigenvalue weighted by Crippen LogP contribution is 2.17. The second kappa shape index (κ2) is 10.5. The molecular weight excluding hydrogens is 316 g/mol. The predicted molar refractivity (Wildman–Crippen MR) is 98.5 cm³/mol. The van der Waals surface area contributed by atoms with E-state index in [2.05, 4.69) is 27.3 Å². The predicted octanol–water partition coefficient (Wildman–Crippen LogP) is 3.29. The Kier molecular flexibility index (Phi) is 8.38. The highest BCUT2D eigenvalue weighted by atomic mass is 16.5. The zero-order valence-corrected chi connectivity index (χ0v) is 16.1. The molecule has 1 aromatic heterocycles. The van der Waals surface area contributed by atoms with E-state index in [9.17, 15) is 4.79 Å². The lowest BCUT2D eigenvalue weighted by Gasteiger charge is -2.35. The van der Waals surface area contributed by atoms with Crippen molar-refractivity contribution in [3.63, 3.8) is 0 Å². The van der Waals surface area contributed by atoms with E-state index in [-0.39, 0.29) is 11.8 Å². The van der Waals surface area contributed by atoms with Crippen LogP contribution < -0.4 is 5.32 Å². The zero-order valence-electron chi connectivity index (χ0n) is 16.1. The molecule has 0 bridgehead atoms. The zero-order chi connectivity index (χ0) is 18.1. The Balaban J connectivity index is 1.65. The third kappa shape index (κ3) is 6.77. The smallest absolute Gasteiger partial charge is 0.226 e. The van der Waals surface area contributed by atoms with E-state index in [4.69, 9.17) is 4.52 Å². The van der Waals surface area contributed by atoms with Crippen molar-refractivity contribution in [2.24, 2.45) is 0 Å². The summed E-state index contributed by atoms with van der Waals surface area (Å²) < 4.78 is 5.21. The minimum absolute atomic E-state index is 0.129. The average molecular weight is 351 g/mol. The Labute approximate surface area is 151 Å². The fourth-order valence-corrected chi connectivity index (χ4v) is 3.27. The fraction of sp³-hybridized carbons (Fsp3) is 0.842. The molecule has 1 amide bonds. The van der Waals surface area contributed by atoms with Crippen molar-refractivity contribution in [2.45, 2.75) is 84.1 Å². The van der Waals surface area contributed by atoms with Gasteiger partial charge in [-0.25, -0.2) is 0 Å². The van der Waals surface area contributed by atoms with Gasteiger partial charge in [-0.15, -0.1) is 0 Å². The van der Waals surface area contributed by atoms with E-state index in [0.717, 1.165) is 25.3 Å². The van der Waals surface area contributed by atoms with Crippen molar-refractivity contribution >= 4 is 5.91 Å². The average Bonchev–Trinajstić information content (AvgIpc) is 3.08. The first-order chi connectivity index (χ1) is 12.1. The standard InChI is InChI=1S/C19H34N4O2/c1-4-5-12-23-13-7-6-9-16(23)14-20-17(24)10-8-11-18-21-19(15(2)3)22-25-18/h15-16H,4-14H2,1-3H3,(H,20,24). The fourth-order valence-electron chi connectivity index (χ4n) is 3.27. The lowest BCUT2D eigenvalue weighted by Crippen LogP contribution is -2.46. The lowest BCUT2D eigenvalue weighted by molar-refractivity contribution is -0.121. The van der Waals surface area contributed by atoms with Gasteiger partial charge < -0.3 is 9.84 Å². The number of hydrogen-bond acceptors (Lipinski definition) is 5. The molecule has 142 valence electrons. The maximum atomic E-state index is 12.1. The molecule has 0 aromatic carbocycles. The van der Waals surface area contributed by atoms with Crippen LogP contribution in [-0.4, -0.2) is 46.6 Å². The summed E-state index contributed by atoms with van der Waals surface area (Å²) in [7, 11) is 0. The summed E-state index contributed by atoms with van der Waals surface area (Å²) in [5.41, 5.74) is 0. The first-order valence-electron chi connectivity index (χ1n) is 9.93. The Hall–Kier alpha value is -1.43. The minimum Gasteiger partial charge on any atom is -0.355 e. The molecule has 0 aliphatic carbocycles. The van der Waals surface area contributed by atoms with E-state index < -0.39 is 0 Å². The van der Waals surface area contributed by atoms with Crippen molar-refractivity contribution in [2.75, 3.05) is 19.6 Å². The Bertz CT molecular complexity index is 515. The topological polar surface area (TPSA) is 71.3 Å². The van der Waals surface area contributed by atoms with Crippen LogP contribution in [0.15, 0.2) is 4.52 Å². The quantitative estimate of drug-likeness (QED) is 0.701. The largest absolute Gasteiger partial charge is 0.355 e. The van der Waals surface area contributed by atoms with Crippen LogP contribution in [0.1, 0.15) is 83.3 Å². The van der Waals surface area contributed by atoms with Gasteiger partial charge in [-0.2, -0.15) is 4.98 Å². The molecule has 0 saturated carbocycles. The van der Waals surface area contributed by atoms with E-state index in [1.807, 2.05) is 13.8 Å². The number of hydrogen-bond donors (Lipinski definition) is 1. The van der Waals surface area contributed by atoms with Gasteiger partial charge in [0.1, 0.15) is 0 Å². The van der Waals surface area contributed by atoms with Crippen LogP contribution >= 0.6 is 0 Å². The highest BCUT2D eigenvalue weighted by Gasteiger charge is 2.22. The molecule has 0 spiro atoms. The molecule has 1 aliphatic heterocycles. The van der Waals surface area contributed by atoms with Crippen molar-refractivity contribution in [3.05, 3.63) is 11.7 Å². The summed E-state index contributed by atoms with van der Waals surface area (Å²) in [6, 6.07) is 0.508. The van der Waals surface area contributed by atoms with E-state index >= 15 is 0 Å². The molecule has 1 aliphatic rings. The van der Waals surface area contributed by atoms with Crippen LogP contribution in [-0.2, 0) is 11.2 Å². The number of aryl methyl sites for hydroxylation is 1. The summed E-state index contributed by atoms with van der Waals surface area (Å²) in [6.45, 7) is 9.42. The number of unbranched alkanes of at least 4 members (excludes halogenated alkanes) is 1. The lowest BCUT2D eigenvalue weighted by atomic mass is 10.0. The summed E-state index contributed by atoms with van der Waals surface area (Å²) in [4.78, 5) is 19.0. The van der Waals surface area contributed by atoms with Crippen LogP contribution in [0.5, 0.6) is 0 Å². The van der Waals surface area contributed by atoms with Crippen LogP contribution in [0.4, 0.5) is 0 Å². The van der Waals surface area contributed by atoms with Gasteiger partial charge in [-0.1, -0.05) is 38.8 Å². The SMILES string of the molecule is CCCCN1CCCCC1CNC(=O)CCCc1nc(C(C)C)no1. The minimum atomic E-state index is 0.129. The number of rotatable bonds is 10. The van der Waals surface area contributed by atoms with Crippen LogP contribution in [0.3, 0.4) is 0 Å². The van der Waals surface area contributed by atoms with Gasteiger partial charge >= 0.3 is 0 Å². The molecule has 1 fully saturated rings. The highest BCUT2D eigenvalue weighted by molar-refractivity contribution is 5.75. The molecule has 1 unspecified atom stereocenters. The van der Waals surface area contributed by atoms with Gasteiger partial charge in [0.25, 0.3) is 0 Å². The number of aromatic nitrogens is 2. The maximum absolute atomic E-state index is 12.1. The number of carbonyl (C=O) groups excluding carboxylic acids is 1. The molecule has 1 atom stereocenters. The van der Waals surface area contributed by atoms with Crippen molar-refractivity contribution in [3.8, 4) is 0 Å². The number of likely N-dealkylation sites (tertiary alicyclic amines) is 1. The summed E-state index contributed by atoms with van der Waals surface area (Å²) in [6.07, 6.45) is 8.16. The molecule has 6 nitrogen and oxygen atoms in total. The van der Waals surface area contributed by atoms with Crippen LogP contribution in [0, 0.1) is 0 Å². The molecule has 1 saturated heterocycles.